The molecule has 0 bridgehead atoms. The molecule has 0 saturated heterocycles. The summed E-state index contributed by atoms with van der Waals surface area (Å²) >= 11 is 0. The molecule has 2 aromatic carbocycles. The number of carbonyl (C=O) groups is 1. The molecule has 0 atom stereocenters. The summed E-state index contributed by atoms with van der Waals surface area (Å²) in [4.78, 5) is 26.0. The van der Waals surface area contributed by atoms with Crippen molar-refractivity contribution >= 4 is 39.8 Å². The van der Waals surface area contributed by atoms with E-state index in [1.807, 2.05) is 48.1 Å². The van der Waals surface area contributed by atoms with E-state index in [4.69, 9.17) is 9.72 Å². The number of hydrogen-bond acceptors (Lipinski definition) is 7. The summed E-state index contributed by atoms with van der Waals surface area (Å²) in [5, 5.41) is 7.36. The number of nitrogens with zero attached hydrogens (tertiary/aromatic N) is 5. The Balaban J connectivity index is 1.65. The first-order valence-corrected chi connectivity index (χ1v) is 13.2. The van der Waals surface area contributed by atoms with Crippen molar-refractivity contribution in [1.29, 1.82) is 0 Å². The van der Waals surface area contributed by atoms with Crippen molar-refractivity contribution in [3.05, 3.63) is 73.6 Å². The first-order chi connectivity index (χ1) is 19.0. The lowest BCUT2D eigenvalue weighted by molar-refractivity contribution is -0.111. The lowest BCUT2D eigenvalue weighted by Gasteiger charge is -2.27. The highest BCUT2D eigenvalue weighted by molar-refractivity contribution is 6.02. The molecule has 9 nitrogen and oxygen atoms in total. The zero-order valence-corrected chi connectivity index (χ0v) is 23.1. The molecule has 0 unspecified atom stereocenters. The third-order valence-electron chi connectivity index (χ3n) is 6.64. The van der Waals surface area contributed by atoms with Crippen molar-refractivity contribution in [3.8, 4) is 11.6 Å². The van der Waals surface area contributed by atoms with E-state index in [2.05, 4.69) is 64.0 Å². The number of anilines is 4. The van der Waals surface area contributed by atoms with E-state index in [0.717, 1.165) is 55.0 Å². The second kappa shape index (κ2) is 12.9. The maximum atomic E-state index is 12.3. The van der Waals surface area contributed by atoms with Crippen LogP contribution in [-0.2, 0) is 4.79 Å². The summed E-state index contributed by atoms with van der Waals surface area (Å²) in [6.07, 6.45) is 6.07. The quantitative estimate of drug-likeness (QED) is 0.223. The molecule has 0 spiro atoms. The highest BCUT2D eigenvalue weighted by Crippen LogP contribution is 2.38. The van der Waals surface area contributed by atoms with Crippen molar-refractivity contribution in [3.63, 3.8) is 0 Å². The van der Waals surface area contributed by atoms with Gasteiger partial charge >= 0.3 is 0 Å². The fourth-order valence-corrected chi connectivity index (χ4v) is 4.54. The van der Waals surface area contributed by atoms with Gasteiger partial charge in [0.15, 0.2) is 0 Å². The lowest BCUT2D eigenvalue weighted by Crippen LogP contribution is -2.34. The van der Waals surface area contributed by atoms with Gasteiger partial charge in [-0.3, -0.25) is 4.79 Å². The molecule has 2 N–H and O–H groups in total. The van der Waals surface area contributed by atoms with Gasteiger partial charge in [-0.15, -0.1) is 0 Å². The number of rotatable bonds is 13. The van der Waals surface area contributed by atoms with Crippen molar-refractivity contribution in [1.82, 2.24) is 19.4 Å². The summed E-state index contributed by atoms with van der Waals surface area (Å²) in [7, 11) is 3.63. The van der Waals surface area contributed by atoms with Crippen LogP contribution in [0.3, 0.4) is 0 Å². The van der Waals surface area contributed by atoms with Gasteiger partial charge < -0.3 is 29.7 Å². The number of fused-ring (bicyclic) bond motifs is 1. The lowest BCUT2D eigenvalue weighted by atomic mass is 10.2. The Morgan fingerprint density at radius 2 is 1.92 bits per heavy atom. The molecular weight excluding hydrogens is 490 g/mol. The van der Waals surface area contributed by atoms with E-state index < -0.39 is 0 Å². The van der Waals surface area contributed by atoms with Crippen LogP contribution in [0.1, 0.15) is 20.3 Å². The zero-order valence-electron chi connectivity index (χ0n) is 23.1. The molecule has 204 valence electrons. The largest absolute Gasteiger partial charge is 0.494 e. The number of nitrogens with one attached hydrogen (secondary N) is 2. The smallest absolute Gasteiger partial charge is 0.247 e. The van der Waals surface area contributed by atoms with E-state index in [0.29, 0.717) is 23.1 Å². The molecule has 4 rings (SSSR count). The Morgan fingerprint density at radius 1 is 1.10 bits per heavy atom. The fourth-order valence-electron chi connectivity index (χ4n) is 4.54. The Morgan fingerprint density at radius 3 is 2.67 bits per heavy atom. The SMILES string of the molecule is C=CC(=O)Nc1cc(Nc2nccc(-n3ccc4ccccc43)n2)c(OC)cc1N(C)CCN(CC)CCC. The van der Waals surface area contributed by atoms with Gasteiger partial charge in [-0.2, -0.15) is 4.98 Å². The van der Waals surface area contributed by atoms with E-state index in [9.17, 15) is 4.79 Å². The molecular formula is C30H37N7O2. The summed E-state index contributed by atoms with van der Waals surface area (Å²) in [5.74, 6) is 1.45. The average Bonchev–Trinajstić information content (AvgIpc) is 3.39. The second-order valence-electron chi connectivity index (χ2n) is 9.23. The van der Waals surface area contributed by atoms with E-state index in [1.54, 1.807) is 13.3 Å². The fraction of sp³-hybridized carbons (Fsp3) is 0.300. The van der Waals surface area contributed by atoms with Gasteiger partial charge in [0.05, 0.1) is 29.7 Å². The van der Waals surface area contributed by atoms with Crippen LogP contribution in [0.25, 0.3) is 16.7 Å². The van der Waals surface area contributed by atoms with Crippen LogP contribution in [0.4, 0.5) is 23.0 Å². The molecule has 0 radical (unpaired) electrons. The third-order valence-corrected chi connectivity index (χ3v) is 6.64. The van der Waals surface area contributed by atoms with Crippen LogP contribution < -0.4 is 20.3 Å². The first kappa shape index (κ1) is 27.7. The van der Waals surface area contributed by atoms with E-state index in [-0.39, 0.29) is 5.91 Å². The third kappa shape index (κ3) is 6.56. The molecule has 0 fully saturated rings. The van der Waals surface area contributed by atoms with Gasteiger partial charge in [0, 0.05) is 38.6 Å². The standard InChI is InChI=1S/C30H37N7O2/c1-6-16-36(8-3)19-18-35(4)26-21-27(39-5)24(20-23(26)32-29(38)7-2)33-30-31-15-13-28(34-30)37-17-14-22-11-9-10-12-25(22)37/h7,9-15,17,20-21H,2,6,8,16,18-19H2,1,3-5H3,(H,32,38)(H,31,33,34). The van der Waals surface area contributed by atoms with Gasteiger partial charge in [0.25, 0.3) is 0 Å². The van der Waals surface area contributed by atoms with Crippen LogP contribution >= 0.6 is 0 Å². The van der Waals surface area contributed by atoms with Crippen molar-refractivity contribution < 1.29 is 9.53 Å². The molecule has 0 aliphatic carbocycles. The van der Waals surface area contributed by atoms with Gasteiger partial charge in [-0.1, -0.05) is 38.6 Å². The number of methoxy groups -OCH3 is 1. The Labute approximate surface area is 230 Å². The molecule has 0 aliphatic heterocycles. The van der Waals surface area contributed by atoms with E-state index in [1.165, 1.54) is 6.08 Å². The van der Waals surface area contributed by atoms with Gasteiger partial charge in [-0.25, -0.2) is 4.98 Å². The average molecular weight is 528 g/mol. The van der Waals surface area contributed by atoms with Crippen LogP contribution in [0.5, 0.6) is 5.75 Å². The molecule has 9 heteroatoms. The van der Waals surface area contributed by atoms with Gasteiger partial charge in [0.2, 0.25) is 11.9 Å². The topological polar surface area (TPSA) is 87.5 Å². The van der Waals surface area contributed by atoms with Crippen molar-refractivity contribution in [2.24, 2.45) is 0 Å². The zero-order chi connectivity index (χ0) is 27.8. The molecule has 39 heavy (non-hydrogen) atoms. The number of ether oxygens (including phenoxy) is 1. The Bertz CT molecular complexity index is 1430. The highest BCUT2D eigenvalue weighted by atomic mass is 16.5. The maximum absolute atomic E-state index is 12.3. The van der Waals surface area contributed by atoms with Crippen LogP contribution in [0, 0.1) is 0 Å². The summed E-state index contributed by atoms with van der Waals surface area (Å²) < 4.78 is 7.77. The number of para-hydroxylation sites is 1. The molecule has 0 aliphatic rings. The molecule has 1 amide bonds. The van der Waals surface area contributed by atoms with Crippen LogP contribution in [0.2, 0.25) is 0 Å². The van der Waals surface area contributed by atoms with Gasteiger partial charge in [-0.05, 0) is 55.2 Å². The number of likely N-dealkylation sites (N-methyl/N-ethyl adjacent to an activating group) is 2. The van der Waals surface area contributed by atoms with Crippen LogP contribution in [0.15, 0.2) is 73.6 Å². The monoisotopic (exact) mass is 527 g/mol. The number of hydrogen-bond donors (Lipinski definition) is 2. The summed E-state index contributed by atoms with van der Waals surface area (Å²) in [6.45, 7) is 11.7. The summed E-state index contributed by atoms with van der Waals surface area (Å²) in [6, 6.07) is 15.8. The maximum Gasteiger partial charge on any atom is 0.247 e. The molecule has 2 heterocycles. The number of carbonyl (C=O) groups excluding carboxylic acids is 1. The van der Waals surface area contributed by atoms with Crippen LogP contribution in [-0.4, -0.2) is 65.7 Å². The Hall–Kier alpha value is -4.37. The van der Waals surface area contributed by atoms with E-state index >= 15 is 0 Å². The first-order valence-electron chi connectivity index (χ1n) is 13.2. The normalized spacial score (nSPS) is 11.0. The molecule has 0 saturated carbocycles. The molecule has 2 aromatic heterocycles. The second-order valence-corrected chi connectivity index (χ2v) is 9.23. The number of amides is 1. The minimum absolute atomic E-state index is 0.292. The predicted octanol–water partition coefficient (Wildman–Crippen LogP) is 5.47. The minimum atomic E-state index is -0.292. The van der Waals surface area contributed by atoms with Crippen molar-refractivity contribution in [2.45, 2.75) is 20.3 Å². The number of benzene rings is 2. The molecule has 4 aromatic rings. The highest BCUT2D eigenvalue weighted by Gasteiger charge is 2.17. The predicted molar refractivity (Wildman–Crippen MR) is 160 cm³/mol. The van der Waals surface area contributed by atoms with Gasteiger partial charge in [0.1, 0.15) is 11.6 Å². The summed E-state index contributed by atoms with van der Waals surface area (Å²) in [5.41, 5.74) is 3.16. The van der Waals surface area contributed by atoms with Crippen molar-refractivity contribution in [2.75, 3.05) is 55.9 Å². The Kier molecular flexibility index (Phi) is 9.17. The minimum Gasteiger partial charge on any atom is -0.494 e. The number of aromatic nitrogens is 3.